The minimum atomic E-state index is -4.55. The molecular weight excluding hydrogens is 335 g/mol. The van der Waals surface area contributed by atoms with Gasteiger partial charge in [0.1, 0.15) is 0 Å². The van der Waals surface area contributed by atoms with Gasteiger partial charge in [-0.1, -0.05) is 12.1 Å². The van der Waals surface area contributed by atoms with E-state index >= 15 is 0 Å². The van der Waals surface area contributed by atoms with Gasteiger partial charge in [-0.2, -0.15) is 13.2 Å². The van der Waals surface area contributed by atoms with Gasteiger partial charge in [0, 0.05) is 53.2 Å². The number of benzene rings is 1. The smallest absolute Gasteiger partial charge is 0.349 e. The molecule has 1 aromatic rings. The highest BCUT2D eigenvalue weighted by Gasteiger charge is 2.36. The van der Waals surface area contributed by atoms with Gasteiger partial charge in [0.2, 0.25) is 5.91 Å². The molecule has 0 N–H and O–H groups in total. The van der Waals surface area contributed by atoms with Gasteiger partial charge in [-0.05, 0) is 12.1 Å². The van der Waals surface area contributed by atoms with Gasteiger partial charge in [-0.3, -0.25) is 14.5 Å². The number of nitrogens with zero attached hydrogens (tertiary/aromatic N) is 3. The van der Waals surface area contributed by atoms with Crippen LogP contribution < -0.4 is 0 Å². The van der Waals surface area contributed by atoms with Crippen molar-refractivity contribution >= 4 is 11.8 Å². The molecule has 0 bridgehead atoms. The standard InChI is InChI=1S/C17H22F3N3O2/c1-21(2)15(24)7-8-22-9-11-23(12-10-22)16(25)13-5-3-4-6-14(13)17(18,19)20/h3-6H,7-12H2,1-2H3. The van der Waals surface area contributed by atoms with E-state index in [1.54, 1.807) is 14.1 Å². The molecule has 138 valence electrons. The first kappa shape index (κ1) is 19.2. The summed E-state index contributed by atoms with van der Waals surface area (Å²) in [6, 6.07) is 4.86. The lowest BCUT2D eigenvalue weighted by Crippen LogP contribution is -2.49. The van der Waals surface area contributed by atoms with Crippen molar-refractivity contribution in [2.75, 3.05) is 46.8 Å². The number of carbonyl (C=O) groups is 2. The second kappa shape index (κ2) is 7.86. The van der Waals surface area contributed by atoms with Crippen LogP contribution in [0.2, 0.25) is 0 Å². The van der Waals surface area contributed by atoms with E-state index in [9.17, 15) is 22.8 Å². The molecule has 0 unspecified atom stereocenters. The third-order valence-electron chi connectivity index (χ3n) is 4.26. The van der Waals surface area contributed by atoms with Gasteiger partial charge in [0.15, 0.2) is 0 Å². The van der Waals surface area contributed by atoms with Crippen molar-refractivity contribution in [3.63, 3.8) is 0 Å². The molecule has 1 aliphatic heterocycles. The van der Waals surface area contributed by atoms with Crippen LogP contribution in [0.1, 0.15) is 22.3 Å². The van der Waals surface area contributed by atoms with Crippen LogP contribution in [0.25, 0.3) is 0 Å². The van der Waals surface area contributed by atoms with Crippen molar-refractivity contribution in [2.24, 2.45) is 0 Å². The van der Waals surface area contributed by atoms with Gasteiger partial charge in [0.05, 0.1) is 11.1 Å². The van der Waals surface area contributed by atoms with E-state index in [0.717, 1.165) is 6.07 Å². The summed E-state index contributed by atoms with van der Waals surface area (Å²) in [4.78, 5) is 29.1. The van der Waals surface area contributed by atoms with E-state index in [1.165, 1.54) is 28.0 Å². The summed E-state index contributed by atoms with van der Waals surface area (Å²) in [5.74, 6) is -0.574. The molecule has 1 fully saturated rings. The normalized spacial score (nSPS) is 16.0. The predicted molar refractivity (Wildman–Crippen MR) is 87.1 cm³/mol. The lowest BCUT2D eigenvalue weighted by molar-refractivity contribution is -0.138. The monoisotopic (exact) mass is 357 g/mol. The zero-order valence-electron chi connectivity index (χ0n) is 14.3. The molecule has 0 aromatic heterocycles. The highest BCUT2D eigenvalue weighted by Crippen LogP contribution is 2.32. The molecule has 0 spiro atoms. The zero-order chi connectivity index (χ0) is 18.6. The van der Waals surface area contributed by atoms with E-state index < -0.39 is 17.6 Å². The van der Waals surface area contributed by atoms with Crippen molar-refractivity contribution in [3.05, 3.63) is 35.4 Å². The maximum atomic E-state index is 13.1. The molecule has 2 rings (SSSR count). The average molecular weight is 357 g/mol. The van der Waals surface area contributed by atoms with Gasteiger partial charge in [-0.25, -0.2) is 0 Å². The Morgan fingerprint density at radius 1 is 1.08 bits per heavy atom. The second-order valence-electron chi connectivity index (χ2n) is 6.22. The van der Waals surface area contributed by atoms with Crippen LogP contribution in [0.15, 0.2) is 24.3 Å². The van der Waals surface area contributed by atoms with E-state index in [1.807, 2.05) is 4.90 Å². The summed E-state index contributed by atoms with van der Waals surface area (Å²) in [6.07, 6.45) is -4.17. The Balaban J connectivity index is 1.95. The second-order valence-corrected chi connectivity index (χ2v) is 6.22. The molecule has 1 saturated heterocycles. The molecule has 1 aliphatic rings. The first-order chi connectivity index (χ1) is 11.7. The average Bonchev–Trinajstić information content (AvgIpc) is 2.58. The largest absolute Gasteiger partial charge is 0.417 e. The van der Waals surface area contributed by atoms with Crippen LogP contribution in [0.4, 0.5) is 13.2 Å². The van der Waals surface area contributed by atoms with E-state index in [2.05, 4.69) is 0 Å². The topological polar surface area (TPSA) is 43.9 Å². The highest BCUT2D eigenvalue weighted by atomic mass is 19.4. The van der Waals surface area contributed by atoms with Gasteiger partial charge < -0.3 is 9.80 Å². The first-order valence-corrected chi connectivity index (χ1v) is 8.08. The van der Waals surface area contributed by atoms with E-state index in [0.29, 0.717) is 39.1 Å². The number of hydrogen-bond donors (Lipinski definition) is 0. The number of piperazine rings is 1. The molecule has 0 radical (unpaired) electrons. The molecule has 0 saturated carbocycles. The van der Waals surface area contributed by atoms with Crippen molar-refractivity contribution in [3.8, 4) is 0 Å². The van der Waals surface area contributed by atoms with Gasteiger partial charge >= 0.3 is 6.18 Å². The van der Waals surface area contributed by atoms with Crippen LogP contribution in [0.3, 0.4) is 0 Å². The fourth-order valence-electron chi connectivity index (χ4n) is 2.74. The molecule has 0 atom stereocenters. The maximum absolute atomic E-state index is 13.1. The number of hydrogen-bond acceptors (Lipinski definition) is 3. The molecule has 25 heavy (non-hydrogen) atoms. The Kier molecular flexibility index (Phi) is 6.05. The molecular formula is C17H22F3N3O2. The molecule has 5 nitrogen and oxygen atoms in total. The summed E-state index contributed by atoms with van der Waals surface area (Å²) in [5.41, 5.74) is -1.22. The Morgan fingerprint density at radius 3 is 2.24 bits per heavy atom. The van der Waals surface area contributed by atoms with Crippen LogP contribution in [-0.2, 0) is 11.0 Å². The van der Waals surface area contributed by atoms with Crippen LogP contribution in [0, 0.1) is 0 Å². The Bertz CT molecular complexity index is 624. The van der Waals surface area contributed by atoms with Crippen molar-refractivity contribution < 1.29 is 22.8 Å². The molecule has 2 amide bonds. The Morgan fingerprint density at radius 2 is 1.68 bits per heavy atom. The third kappa shape index (κ3) is 4.94. The lowest BCUT2D eigenvalue weighted by atomic mass is 10.1. The number of alkyl halides is 3. The summed E-state index contributed by atoms with van der Waals surface area (Å²) in [5, 5.41) is 0. The molecule has 0 aliphatic carbocycles. The Hall–Kier alpha value is -2.09. The molecule has 8 heteroatoms. The highest BCUT2D eigenvalue weighted by molar-refractivity contribution is 5.96. The van der Waals surface area contributed by atoms with Crippen molar-refractivity contribution in [2.45, 2.75) is 12.6 Å². The first-order valence-electron chi connectivity index (χ1n) is 8.08. The summed E-state index contributed by atoms with van der Waals surface area (Å²) in [7, 11) is 3.38. The summed E-state index contributed by atoms with van der Waals surface area (Å²) in [6.45, 7) is 2.36. The number of amides is 2. The SMILES string of the molecule is CN(C)C(=O)CCN1CCN(C(=O)c2ccccc2C(F)(F)F)CC1. The zero-order valence-corrected chi connectivity index (χ0v) is 14.3. The maximum Gasteiger partial charge on any atom is 0.417 e. The number of carbonyl (C=O) groups excluding carboxylic acids is 2. The van der Waals surface area contributed by atoms with E-state index in [-0.39, 0.29) is 11.5 Å². The summed E-state index contributed by atoms with van der Waals surface area (Å²) < 4.78 is 39.2. The minimum absolute atomic E-state index is 0.0256. The molecule has 1 aromatic carbocycles. The minimum Gasteiger partial charge on any atom is -0.349 e. The quantitative estimate of drug-likeness (QED) is 0.827. The van der Waals surface area contributed by atoms with Crippen LogP contribution >= 0.6 is 0 Å². The van der Waals surface area contributed by atoms with Gasteiger partial charge in [0.25, 0.3) is 5.91 Å². The van der Waals surface area contributed by atoms with Crippen molar-refractivity contribution in [1.29, 1.82) is 0 Å². The number of rotatable bonds is 4. The van der Waals surface area contributed by atoms with Crippen LogP contribution in [0.5, 0.6) is 0 Å². The van der Waals surface area contributed by atoms with Crippen molar-refractivity contribution in [1.82, 2.24) is 14.7 Å². The van der Waals surface area contributed by atoms with Gasteiger partial charge in [-0.15, -0.1) is 0 Å². The number of halogens is 3. The van der Waals surface area contributed by atoms with E-state index in [4.69, 9.17) is 0 Å². The fourth-order valence-corrected chi connectivity index (χ4v) is 2.74. The molecule has 1 heterocycles. The predicted octanol–water partition coefficient (Wildman–Crippen LogP) is 1.94. The van der Waals surface area contributed by atoms with Crippen LogP contribution in [-0.4, -0.2) is 73.3 Å². The fraction of sp³-hybridized carbons (Fsp3) is 0.529. The third-order valence-corrected chi connectivity index (χ3v) is 4.26. The summed E-state index contributed by atoms with van der Waals surface area (Å²) >= 11 is 0. The Labute approximate surface area is 145 Å². The lowest BCUT2D eigenvalue weighted by Gasteiger charge is -2.35.